The lowest BCUT2D eigenvalue weighted by molar-refractivity contribution is -0.116. The lowest BCUT2D eigenvalue weighted by Crippen LogP contribution is -2.22. The highest BCUT2D eigenvalue weighted by Crippen LogP contribution is 2.49. The number of benzene rings is 2. The molecule has 2 aromatic carbocycles. The van der Waals surface area contributed by atoms with E-state index in [1.54, 1.807) is 12.1 Å². The minimum absolute atomic E-state index is 0.159. The third kappa shape index (κ3) is 3.05. The second-order valence-electron chi connectivity index (χ2n) is 6.45. The molecule has 6 nitrogen and oxygen atoms in total. The molecule has 4 rings (SSSR count). The molecule has 1 aromatic heterocycles. The van der Waals surface area contributed by atoms with Crippen molar-refractivity contribution in [2.45, 2.75) is 12.3 Å². The van der Waals surface area contributed by atoms with Gasteiger partial charge in [0.25, 0.3) is 0 Å². The minimum Gasteiger partial charge on any atom is -0.478 e. The lowest BCUT2D eigenvalue weighted by Gasteiger charge is -2.24. The number of anilines is 1. The second kappa shape index (κ2) is 6.94. The summed E-state index contributed by atoms with van der Waals surface area (Å²) in [6.07, 6.45) is 0.174. The van der Waals surface area contributed by atoms with Crippen molar-refractivity contribution in [2.24, 2.45) is 0 Å². The molecule has 0 bridgehead atoms. The van der Waals surface area contributed by atoms with Gasteiger partial charge in [-0.1, -0.05) is 42.5 Å². The van der Waals surface area contributed by atoms with Crippen molar-refractivity contribution in [3.05, 3.63) is 75.5 Å². The fourth-order valence-electron chi connectivity index (χ4n) is 3.44. The molecule has 2 heterocycles. The second-order valence-corrected chi connectivity index (χ2v) is 7.50. The minimum atomic E-state index is -1.05. The maximum absolute atomic E-state index is 12.4. The largest absolute Gasteiger partial charge is 0.478 e. The summed E-state index contributed by atoms with van der Waals surface area (Å²) in [6.45, 7) is 0. The van der Waals surface area contributed by atoms with E-state index in [1.807, 2.05) is 30.3 Å². The standard InChI is InChI=1S/C21H15NO5S/c23-15-10-14(11-6-8-13(9-7-11)20(24)25)18-17(22-15)16(19(28-18)21(26)27)12-4-2-1-3-5-12/h1-9,14H,10H2,(H,22,23)(H,24,25)(H,26,27)/t14-/m1/s1. The number of thiophene rings is 1. The van der Waals surface area contributed by atoms with Crippen LogP contribution >= 0.6 is 11.3 Å². The van der Waals surface area contributed by atoms with Crippen LogP contribution in [-0.2, 0) is 4.79 Å². The zero-order valence-electron chi connectivity index (χ0n) is 14.5. The maximum atomic E-state index is 12.4. The Morgan fingerprint density at radius 2 is 1.64 bits per heavy atom. The van der Waals surface area contributed by atoms with Gasteiger partial charge in [0, 0.05) is 22.8 Å². The van der Waals surface area contributed by atoms with Crippen LogP contribution < -0.4 is 5.32 Å². The van der Waals surface area contributed by atoms with E-state index in [9.17, 15) is 19.5 Å². The van der Waals surface area contributed by atoms with Crippen molar-refractivity contribution in [3.8, 4) is 11.1 Å². The highest BCUT2D eigenvalue weighted by Gasteiger charge is 2.34. The Bertz CT molecular complexity index is 1090. The Labute approximate surface area is 164 Å². The van der Waals surface area contributed by atoms with E-state index >= 15 is 0 Å². The predicted octanol–water partition coefficient (Wildman–Crippen LogP) is 4.29. The molecular weight excluding hydrogens is 378 g/mol. The molecule has 0 fully saturated rings. The van der Waals surface area contributed by atoms with Crippen molar-refractivity contribution < 1.29 is 24.6 Å². The van der Waals surface area contributed by atoms with Crippen molar-refractivity contribution in [3.63, 3.8) is 0 Å². The zero-order chi connectivity index (χ0) is 19.8. The first-order chi connectivity index (χ1) is 13.5. The number of amides is 1. The highest BCUT2D eigenvalue weighted by molar-refractivity contribution is 7.15. The fraction of sp³-hybridized carbons (Fsp3) is 0.0952. The van der Waals surface area contributed by atoms with Crippen LogP contribution in [-0.4, -0.2) is 28.1 Å². The van der Waals surface area contributed by atoms with E-state index in [1.165, 1.54) is 12.1 Å². The summed E-state index contributed by atoms with van der Waals surface area (Å²) in [5.74, 6) is -2.60. The van der Waals surface area contributed by atoms with Gasteiger partial charge in [-0.05, 0) is 23.3 Å². The number of hydrogen-bond donors (Lipinski definition) is 3. The number of aromatic carboxylic acids is 2. The SMILES string of the molecule is O=C1C[C@H](c2ccc(C(=O)O)cc2)c2sc(C(=O)O)c(-c3ccccc3)c2N1. The van der Waals surface area contributed by atoms with Gasteiger partial charge in [0.1, 0.15) is 4.88 Å². The predicted molar refractivity (Wildman–Crippen MR) is 105 cm³/mol. The van der Waals surface area contributed by atoms with Crippen molar-refractivity contribution in [1.82, 2.24) is 0 Å². The molecular formula is C21H15NO5S. The van der Waals surface area contributed by atoms with Crippen LogP contribution in [0.3, 0.4) is 0 Å². The summed E-state index contributed by atoms with van der Waals surface area (Å²) in [6, 6.07) is 15.4. The molecule has 7 heteroatoms. The van der Waals surface area contributed by atoms with Gasteiger partial charge in [-0.25, -0.2) is 9.59 Å². The van der Waals surface area contributed by atoms with Crippen LogP contribution in [0.4, 0.5) is 5.69 Å². The van der Waals surface area contributed by atoms with Crippen LogP contribution in [0.1, 0.15) is 42.8 Å². The lowest BCUT2D eigenvalue weighted by atomic mass is 9.88. The van der Waals surface area contributed by atoms with Crippen molar-refractivity contribution in [1.29, 1.82) is 0 Å². The smallest absolute Gasteiger partial charge is 0.346 e. The third-order valence-electron chi connectivity index (χ3n) is 4.72. The number of carboxylic acids is 2. The quantitative estimate of drug-likeness (QED) is 0.614. The molecule has 1 aliphatic rings. The Morgan fingerprint density at radius 1 is 0.964 bits per heavy atom. The molecule has 0 unspecified atom stereocenters. The van der Waals surface area contributed by atoms with E-state index in [2.05, 4.69) is 5.32 Å². The molecule has 28 heavy (non-hydrogen) atoms. The van der Waals surface area contributed by atoms with E-state index in [4.69, 9.17) is 5.11 Å². The summed E-state index contributed by atoms with van der Waals surface area (Å²) < 4.78 is 0. The Balaban J connectivity index is 1.88. The average molecular weight is 393 g/mol. The number of fused-ring (bicyclic) bond motifs is 1. The van der Waals surface area contributed by atoms with E-state index in [0.29, 0.717) is 11.3 Å². The normalized spacial score (nSPS) is 15.6. The first-order valence-corrected chi connectivity index (χ1v) is 9.36. The Morgan fingerprint density at radius 3 is 2.25 bits per heavy atom. The third-order valence-corrected chi connectivity index (χ3v) is 6.01. The molecule has 1 atom stereocenters. The number of carbonyl (C=O) groups is 3. The van der Waals surface area contributed by atoms with Crippen LogP contribution in [0, 0.1) is 0 Å². The number of carboxylic acid groups (broad SMARTS) is 2. The fourth-order valence-corrected chi connectivity index (χ4v) is 4.69. The molecule has 0 spiro atoms. The van der Waals surface area contributed by atoms with Gasteiger partial charge >= 0.3 is 11.9 Å². The first kappa shape index (κ1) is 17.9. The van der Waals surface area contributed by atoms with Gasteiger partial charge in [-0.2, -0.15) is 0 Å². The van der Waals surface area contributed by atoms with Crippen LogP contribution in [0.15, 0.2) is 54.6 Å². The van der Waals surface area contributed by atoms with Crippen LogP contribution in [0.5, 0.6) is 0 Å². The maximum Gasteiger partial charge on any atom is 0.346 e. The molecule has 1 amide bonds. The van der Waals surface area contributed by atoms with Gasteiger partial charge in [0.15, 0.2) is 0 Å². The highest BCUT2D eigenvalue weighted by atomic mass is 32.1. The van der Waals surface area contributed by atoms with E-state index < -0.39 is 11.9 Å². The van der Waals surface area contributed by atoms with Crippen LogP contribution in [0.25, 0.3) is 11.1 Å². The van der Waals surface area contributed by atoms with Crippen molar-refractivity contribution in [2.75, 3.05) is 5.32 Å². The van der Waals surface area contributed by atoms with E-state index in [-0.39, 0.29) is 28.7 Å². The van der Waals surface area contributed by atoms with Crippen molar-refractivity contribution >= 4 is 34.9 Å². The van der Waals surface area contributed by atoms with Gasteiger partial charge in [-0.3, -0.25) is 4.79 Å². The first-order valence-electron chi connectivity index (χ1n) is 8.54. The van der Waals surface area contributed by atoms with E-state index in [0.717, 1.165) is 27.3 Å². The summed E-state index contributed by atoms with van der Waals surface area (Å²) in [7, 11) is 0. The molecule has 3 N–H and O–H groups in total. The number of nitrogens with one attached hydrogen (secondary N) is 1. The molecule has 1 aliphatic heterocycles. The molecule has 0 radical (unpaired) electrons. The summed E-state index contributed by atoms with van der Waals surface area (Å²) >= 11 is 1.15. The monoisotopic (exact) mass is 393 g/mol. The number of hydrogen-bond acceptors (Lipinski definition) is 4. The molecule has 0 aliphatic carbocycles. The van der Waals surface area contributed by atoms with Gasteiger partial charge in [0.2, 0.25) is 5.91 Å². The average Bonchev–Trinajstić information content (AvgIpc) is 3.07. The number of rotatable bonds is 4. The Kier molecular flexibility index (Phi) is 4.44. The van der Waals surface area contributed by atoms with Gasteiger partial charge in [-0.15, -0.1) is 11.3 Å². The molecule has 3 aromatic rings. The van der Waals surface area contributed by atoms with Gasteiger partial charge < -0.3 is 15.5 Å². The topological polar surface area (TPSA) is 104 Å². The summed E-state index contributed by atoms with van der Waals surface area (Å²) in [4.78, 5) is 36.3. The zero-order valence-corrected chi connectivity index (χ0v) is 15.3. The molecule has 0 saturated carbocycles. The Hall–Kier alpha value is -3.45. The molecule has 140 valence electrons. The number of carbonyl (C=O) groups excluding carboxylic acids is 1. The summed E-state index contributed by atoms with van der Waals surface area (Å²) in [5.41, 5.74) is 2.69. The molecule has 0 saturated heterocycles. The van der Waals surface area contributed by atoms with Gasteiger partial charge in [0.05, 0.1) is 11.3 Å². The summed E-state index contributed by atoms with van der Waals surface area (Å²) in [5, 5.41) is 21.7. The van der Waals surface area contributed by atoms with Crippen LogP contribution in [0.2, 0.25) is 0 Å².